The predicted octanol–water partition coefficient (Wildman–Crippen LogP) is 3.77. The molecule has 0 aliphatic heterocycles. The summed E-state index contributed by atoms with van der Waals surface area (Å²) >= 11 is 0. The molecule has 2 fully saturated rings. The van der Waals surface area contributed by atoms with Crippen LogP contribution in [0.15, 0.2) is 12.4 Å². The van der Waals surface area contributed by atoms with Gasteiger partial charge in [-0.1, -0.05) is 13.3 Å². The third-order valence-corrected chi connectivity index (χ3v) is 5.46. The van der Waals surface area contributed by atoms with Crippen LogP contribution in [-0.2, 0) is 6.54 Å². The van der Waals surface area contributed by atoms with Crippen molar-refractivity contribution in [3.63, 3.8) is 0 Å². The number of nitrogens with zero attached hydrogens (tertiary/aromatic N) is 2. The highest BCUT2D eigenvalue weighted by Gasteiger charge is 2.40. The summed E-state index contributed by atoms with van der Waals surface area (Å²) in [5, 5.41) is 3.75. The van der Waals surface area contributed by atoms with Gasteiger partial charge < -0.3 is 9.88 Å². The number of imidazole rings is 1. The Morgan fingerprint density at radius 1 is 1.35 bits per heavy atom. The van der Waals surface area contributed by atoms with Crippen molar-refractivity contribution >= 4 is 0 Å². The second kappa shape index (κ2) is 6.30. The molecule has 3 rings (SSSR count). The first kappa shape index (κ1) is 14.1. The zero-order valence-corrected chi connectivity index (χ0v) is 13.0. The maximum atomic E-state index is 4.64. The molecule has 2 aliphatic rings. The maximum absolute atomic E-state index is 4.64. The van der Waals surface area contributed by atoms with E-state index in [-0.39, 0.29) is 0 Å². The van der Waals surface area contributed by atoms with E-state index in [4.69, 9.17) is 0 Å². The molecule has 2 bridgehead atoms. The lowest BCUT2D eigenvalue weighted by atomic mass is 9.84. The summed E-state index contributed by atoms with van der Waals surface area (Å²) in [6.07, 6.45) is 12.5. The van der Waals surface area contributed by atoms with Gasteiger partial charge in [0.2, 0.25) is 0 Å². The van der Waals surface area contributed by atoms with Crippen LogP contribution >= 0.6 is 0 Å². The number of rotatable bonds is 7. The zero-order valence-electron chi connectivity index (χ0n) is 13.0. The van der Waals surface area contributed by atoms with Gasteiger partial charge in [-0.05, 0) is 63.3 Å². The molecule has 1 heterocycles. The molecular weight excluding hydrogens is 246 g/mol. The van der Waals surface area contributed by atoms with Gasteiger partial charge >= 0.3 is 0 Å². The topological polar surface area (TPSA) is 29.9 Å². The van der Waals surface area contributed by atoms with Crippen LogP contribution in [0.1, 0.15) is 64.2 Å². The smallest absolute Gasteiger partial charge is 0.125 e. The summed E-state index contributed by atoms with van der Waals surface area (Å²) in [7, 11) is 0. The summed E-state index contributed by atoms with van der Waals surface area (Å²) in [6, 6.07) is 0.453. The number of aromatic nitrogens is 2. The summed E-state index contributed by atoms with van der Waals surface area (Å²) in [4.78, 5) is 4.64. The van der Waals surface area contributed by atoms with E-state index in [2.05, 4.69) is 34.9 Å². The van der Waals surface area contributed by atoms with Crippen LogP contribution in [0.5, 0.6) is 0 Å². The average molecular weight is 275 g/mol. The Hall–Kier alpha value is -0.830. The molecule has 2 aliphatic carbocycles. The van der Waals surface area contributed by atoms with Crippen LogP contribution in [0.4, 0.5) is 0 Å². The lowest BCUT2D eigenvalue weighted by Crippen LogP contribution is -2.28. The highest BCUT2D eigenvalue weighted by molar-refractivity contribution is 5.02. The van der Waals surface area contributed by atoms with Gasteiger partial charge in [0.1, 0.15) is 5.82 Å². The first-order valence-corrected chi connectivity index (χ1v) is 8.56. The second-order valence-corrected chi connectivity index (χ2v) is 6.75. The molecule has 0 aromatic carbocycles. The fraction of sp³-hybridized carbons (Fsp3) is 0.824. The molecule has 1 N–H and O–H groups in total. The molecular formula is C17H29N3. The van der Waals surface area contributed by atoms with Crippen molar-refractivity contribution in [1.82, 2.24) is 14.9 Å². The van der Waals surface area contributed by atoms with Gasteiger partial charge in [0.25, 0.3) is 0 Å². The standard InChI is InChI=1S/C17H29N3/c1-3-7-18-16(17-19-8-9-20(17)4-2)12-15-11-13-5-6-14(15)10-13/h8-9,13-16,18H,3-7,10-12H2,1-2H3. The first-order valence-electron chi connectivity index (χ1n) is 8.56. The van der Waals surface area contributed by atoms with E-state index in [9.17, 15) is 0 Å². The van der Waals surface area contributed by atoms with E-state index in [0.717, 1.165) is 30.8 Å². The number of fused-ring (bicyclic) bond motifs is 2. The van der Waals surface area contributed by atoms with Gasteiger partial charge in [-0.15, -0.1) is 0 Å². The largest absolute Gasteiger partial charge is 0.334 e. The highest BCUT2D eigenvalue weighted by atomic mass is 15.1. The highest BCUT2D eigenvalue weighted by Crippen LogP contribution is 2.50. The maximum Gasteiger partial charge on any atom is 0.125 e. The Kier molecular flexibility index (Phi) is 4.45. The lowest BCUT2D eigenvalue weighted by Gasteiger charge is -2.27. The van der Waals surface area contributed by atoms with Crippen LogP contribution in [0.25, 0.3) is 0 Å². The molecule has 112 valence electrons. The first-order chi connectivity index (χ1) is 9.81. The summed E-state index contributed by atoms with van der Waals surface area (Å²) in [5.41, 5.74) is 0. The Balaban J connectivity index is 1.69. The number of nitrogens with one attached hydrogen (secondary N) is 1. The van der Waals surface area contributed by atoms with E-state index in [1.807, 2.05) is 6.20 Å². The van der Waals surface area contributed by atoms with Gasteiger partial charge in [0.15, 0.2) is 0 Å². The zero-order chi connectivity index (χ0) is 13.9. The van der Waals surface area contributed by atoms with Crippen molar-refractivity contribution in [3.05, 3.63) is 18.2 Å². The van der Waals surface area contributed by atoms with E-state index in [1.165, 1.54) is 44.3 Å². The van der Waals surface area contributed by atoms with Crippen molar-refractivity contribution in [3.8, 4) is 0 Å². The minimum atomic E-state index is 0.453. The van der Waals surface area contributed by atoms with Gasteiger partial charge in [-0.2, -0.15) is 0 Å². The summed E-state index contributed by atoms with van der Waals surface area (Å²) < 4.78 is 2.31. The fourth-order valence-electron chi connectivity index (χ4n) is 4.46. The minimum absolute atomic E-state index is 0.453. The lowest BCUT2D eigenvalue weighted by molar-refractivity contribution is 0.272. The third kappa shape index (κ3) is 2.78. The second-order valence-electron chi connectivity index (χ2n) is 6.75. The Labute approximate surface area is 123 Å². The van der Waals surface area contributed by atoms with Crippen molar-refractivity contribution in [2.45, 2.75) is 65.0 Å². The molecule has 2 saturated carbocycles. The number of aryl methyl sites for hydroxylation is 1. The van der Waals surface area contributed by atoms with Crippen LogP contribution in [0.3, 0.4) is 0 Å². The van der Waals surface area contributed by atoms with Crippen LogP contribution < -0.4 is 5.32 Å². The Bertz CT molecular complexity index is 426. The Morgan fingerprint density at radius 3 is 2.90 bits per heavy atom. The predicted molar refractivity (Wildman–Crippen MR) is 82.5 cm³/mol. The van der Waals surface area contributed by atoms with Gasteiger partial charge in [-0.25, -0.2) is 4.98 Å². The SMILES string of the molecule is CCCNC(CC1CC2CCC1C2)c1nccn1CC. The molecule has 0 spiro atoms. The van der Waals surface area contributed by atoms with Gasteiger partial charge in [0.05, 0.1) is 6.04 Å². The molecule has 0 radical (unpaired) electrons. The molecule has 20 heavy (non-hydrogen) atoms. The summed E-state index contributed by atoms with van der Waals surface area (Å²) in [6.45, 7) is 6.58. The van der Waals surface area contributed by atoms with E-state index < -0.39 is 0 Å². The van der Waals surface area contributed by atoms with Crippen molar-refractivity contribution in [1.29, 1.82) is 0 Å². The van der Waals surface area contributed by atoms with Crippen molar-refractivity contribution in [2.75, 3.05) is 6.54 Å². The monoisotopic (exact) mass is 275 g/mol. The molecule has 1 aromatic heterocycles. The van der Waals surface area contributed by atoms with Crippen LogP contribution in [-0.4, -0.2) is 16.1 Å². The van der Waals surface area contributed by atoms with Crippen LogP contribution in [0, 0.1) is 17.8 Å². The van der Waals surface area contributed by atoms with Crippen molar-refractivity contribution < 1.29 is 0 Å². The van der Waals surface area contributed by atoms with E-state index in [1.54, 1.807) is 0 Å². The molecule has 4 unspecified atom stereocenters. The molecule has 4 atom stereocenters. The molecule has 1 aromatic rings. The Morgan fingerprint density at radius 2 is 2.25 bits per heavy atom. The fourth-order valence-corrected chi connectivity index (χ4v) is 4.46. The van der Waals surface area contributed by atoms with Crippen molar-refractivity contribution in [2.24, 2.45) is 17.8 Å². The molecule has 3 nitrogen and oxygen atoms in total. The summed E-state index contributed by atoms with van der Waals surface area (Å²) in [5.74, 6) is 4.24. The molecule has 3 heteroatoms. The van der Waals surface area contributed by atoms with E-state index in [0.29, 0.717) is 6.04 Å². The molecule has 0 saturated heterocycles. The number of hydrogen-bond donors (Lipinski definition) is 1. The van der Waals surface area contributed by atoms with Gasteiger partial charge in [0, 0.05) is 18.9 Å². The minimum Gasteiger partial charge on any atom is -0.334 e. The average Bonchev–Trinajstić information content (AvgIpc) is 3.18. The third-order valence-electron chi connectivity index (χ3n) is 5.46. The normalized spacial score (nSPS) is 30.0. The number of hydrogen-bond acceptors (Lipinski definition) is 2. The molecule has 0 amide bonds. The van der Waals surface area contributed by atoms with Crippen LogP contribution in [0.2, 0.25) is 0 Å². The quantitative estimate of drug-likeness (QED) is 0.821. The van der Waals surface area contributed by atoms with E-state index >= 15 is 0 Å². The van der Waals surface area contributed by atoms with Gasteiger partial charge in [-0.3, -0.25) is 0 Å².